The maximum Gasteiger partial charge on any atom is 0.251 e. The summed E-state index contributed by atoms with van der Waals surface area (Å²) in [7, 11) is 0. The van der Waals surface area contributed by atoms with E-state index in [9.17, 15) is 14.4 Å². The lowest BCUT2D eigenvalue weighted by Crippen LogP contribution is -2.53. The first-order chi connectivity index (χ1) is 14.3. The minimum absolute atomic E-state index is 0.0106. The van der Waals surface area contributed by atoms with Crippen molar-refractivity contribution in [2.24, 2.45) is 5.92 Å². The quantitative estimate of drug-likeness (QED) is 0.713. The number of nitrogens with zero attached hydrogens (tertiary/aromatic N) is 1. The van der Waals surface area contributed by atoms with E-state index in [1.54, 1.807) is 19.1 Å². The Morgan fingerprint density at radius 2 is 1.80 bits per heavy atom. The fourth-order valence-corrected chi connectivity index (χ4v) is 4.03. The van der Waals surface area contributed by atoms with Crippen LogP contribution >= 0.6 is 0 Å². The molecule has 2 N–H and O–H groups in total. The zero-order chi connectivity index (χ0) is 21.7. The van der Waals surface area contributed by atoms with Crippen LogP contribution in [0.4, 0.5) is 5.69 Å². The topological polar surface area (TPSA) is 87.7 Å². The number of hydrogen-bond acceptors (Lipinski definition) is 5. The zero-order valence-electron chi connectivity index (χ0n) is 18.1. The van der Waals surface area contributed by atoms with Gasteiger partial charge in [-0.25, -0.2) is 0 Å². The van der Waals surface area contributed by atoms with Gasteiger partial charge in [0.25, 0.3) is 5.91 Å². The molecule has 0 unspecified atom stereocenters. The Labute approximate surface area is 178 Å². The molecule has 0 aliphatic carbocycles. The van der Waals surface area contributed by atoms with Gasteiger partial charge in [0.1, 0.15) is 18.7 Å². The summed E-state index contributed by atoms with van der Waals surface area (Å²) in [6.07, 6.45) is 3.79. The number of rotatable bonds is 7. The number of carbonyl (C=O) groups is 3. The van der Waals surface area contributed by atoms with E-state index in [2.05, 4.69) is 15.5 Å². The van der Waals surface area contributed by atoms with E-state index < -0.39 is 12.1 Å². The molecule has 164 valence electrons. The number of benzene rings is 1. The highest BCUT2D eigenvalue weighted by molar-refractivity contribution is 5.99. The highest BCUT2D eigenvalue weighted by Crippen LogP contribution is 2.20. The largest absolute Gasteiger partial charge is 0.372 e. The smallest absolute Gasteiger partial charge is 0.251 e. The molecule has 2 saturated heterocycles. The standard InChI is InChI=1S/C23H33N3O4/c1-15(2)13-19(23(29)25-21-16(3)30-14-20(21)27)24-22(28)17-7-9-18(10-8-17)26-11-5-4-6-12-26/h7-10,15-16,19,21H,4-6,11-14H2,1-3H3,(H,24,28)(H,25,29)/t16-,19+,21-/m1/s1. The molecule has 0 saturated carbocycles. The van der Waals surface area contributed by atoms with Crippen molar-refractivity contribution in [3.63, 3.8) is 0 Å². The van der Waals surface area contributed by atoms with Gasteiger partial charge < -0.3 is 20.3 Å². The Bertz CT molecular complexity index is 756. The van der Waals surface area contributed by atoms with E-state index in [0.29, 0.717) is 12.0 Å². The number of anilines is 1. The van der Waals surface area contributed by atoms with Crippen LogP contribution < -0.4 is 15.5 Å². The number of ether oxygens (including phenoxy) is 1. The van der Waals surface area contributed by atoms with Crippen LogP contribution in [0.25, 0.3) is 0 Å². The first kappa shape index (κ1) is 22.3. The molecule has 2 heterocycles. The maximum absolute atomic E-state index is 12.8. The number of hydrogen-bond donors (Lipinski definition) is 2. The van der Waals surface area contributed by atoms with Crippen LogP contribution in [0, 0.1) is 5.92 Å². The van der Waals surface area contributed by atoms with Crippen molar-refractivity contribution in [3.05, 3.63) is 29.8 Å². The molecule has 0 bridgehead atoms. The average Bonchev–Trinajstić information content (AvgIpc) is 3.05. The summed E-state index contributed by atoms with van der Waals surface area (Å²) in [5.74, 6) is -0.574. The molecule has 2 amide bonds. The lowest BCUT2D eigenvalue weighted by molar-refractivity contribution is -0.127. The summed E-state index contributed by atoms with van der Waals surface area (Å²) >= 11 is 0. The van der Waals surface area contributed by atoms with Gasteiger partial charge in [-0.15, -0.1) is 0 Å². The number of carbonyl (C=O) groups excluding carboxylic acids is 3. The van der Waals surface area contributed by atoms with Gasteiger partial charge in [0.2, 0.25) is 5.91 Å². The Kier molecular flexibility index (Phi) is 7.48. The van der Waals surface area contributed by atoms with Crippen LogP contribution in [-0.2, 0) is 14.3 Å². The van der Waals surface area contributed by atoms with Gasteiger partial charge >= 0.3 is 0 Å². The van der Waals surface area contributed by atoms with E-state index in [4.69, 9.17) is 4.74 Å². The second kappa shape index (κ2) is 10.1. The Morgan fingerprint density at radius 1 is 1.13 bits per heavy atom. The fraction of sp³-hybridized carbons (Fsp3) is 0.609. The van der Waals surface area contributed by atoms with Crippen LogP contribution in [0.5, 0.6) is 0 Å². The molecule has 0 aromatic heterocycles. The minimum Gasteiger partial charge on any atom is -0.372 e. The van der Waals surface area contributed by atoms with Crippen LogP contribution in [0.3, 0.4) is 0 Å². The highest BCUT2D eigenvalue weighted by Gasteiger charge is 2.35. The van der Waals surface area contributed by atoms with E-state index >= 15 is 0 Å². The van der Waals surface area contributed by atoms with E-state index in [1.807, 2.05) is 26.0 Å². The lowest BCUT2D eigenvalue weighted by Gasteiger charge is -2.29. The van der Waals surface area contributed by atoms with E-state index in [-0.39, 0.29) is 36.2 Å². The molecule has 7 nitrogen and oxygen atoms in total. The van der Waals surface area contributed by atoms with E-state index in [0.717, 1.165) is 18.8 Å². The van der Waals surface area contributed by atoms with Crippen molar-refractivity contribution < 1.29 is 19.1 Å². The predicted molar refractivity (Wildman–Crippen MR) is 116 cm³/mol. The van der Waals surface area contributed by atoms with Crippen molar-refractivity contribution in [2.75, 3.05) is 24.6 Å². The first-order valence-corrected chi connectivity index (χ1v) is 11.0. The molecule has 2 fully saturated rings. The lowest BCUT2D eigenvalue weighted by atomic mass is 10.0. The maximum atomic E-state index is 12.8. The third kappa shape index (κ3) is 5.59. The zero-order valence-corrected chi connectivity index (χ0v) is 18.1. The van der Waals surface area contributed by atoms with Crippen molar-refractivity contribution in [1.82, 2.24) is 10.6 Å². The van der Waals surface area contributed by atoms with Gasteiger partial charge in [-0.3, -0.25) is 14.4 Å². The van der Waals surface area contributed by atoms with Crippen molar-refractivity contribution >= 4 is 23.3 Å². The molecule has 30 heavy (non-hydrogen) atoms. The van der Waals surface area contributed by atoms with Crippen molar-refractivity contribution in [2.45, 2.75) is 64.6 Å². The van der Waals surface area contributed by atoms with E-state index in [1.165, 1.54) is 19.3 Å². The van der Waals surface area contributed by atoms with Crippen LogP contribution in [0.1, 0.15) is 56.8 Å². The molecule has 3 atom stereocenters. The van der Waals surface area contributed by atoms with Crippen molar-refractivity contribution in [1.29, 1.82) is 0 Å². The summed E-state index contributed by atoms with van der Waals surface area (Å²) in [6.45, 7) is 7.85. The van der Waals surface area contributed by atoms with Crippen LogP contribution in [0.2, 0.25) is 0 Å². The molecule has 3 rings (SSSR count). The molecule has 2 aliphatic heterocycles. The molecule has 7 heteroatoms. The predicted octanol–water partition coefficient (Wildman–Crippen LogP) is 2.29. The Morgan fingerprint density at radius 3 is 2.37 bits per heavy atom. The SMILES string of the molecule is CC(C)C[C@H](NC(=O)c1ccc(N2CCCCC2)cc1)C(=O)N[C@H]1C(=O)CO[C@@H]1C. The van der Waals surface area contributed by atoms with Gasteiger partial charge in [0, 0.05) is 24.3 Å². The van der Waals surface area contributed by atoms with Gasteiger partial charge in [-0.1, -0.05) is 13.8 Å². The number of Topliss-reactive ketones (excluding diaryl/α,β-unsaturated/α-hetero) is 1. The molecule has 0 spiro atoms. The highest BCUT2D eigenvalue weighted by atomic mass is 16.5. The number of piperidine rings is 1. The molecular formula is C23H33N3O4. The average molecular weight is 416 g/mol. The Balaban J connectivity index is 1.64. The van der Waals surface area contributed by atoms with Crippen molar-refractivity contribution in [3.8, 4) is 0 Å². The van der Waals surface area contributed by atoms with Crippen LogP contribution in [-0.4, -0.2) is 55.5 Å². The summed E-state index contributed by atoms with van der Waals surface area (Å²) in [5, 5.41) is 5.61. The Hall–Kier alpha value is -2.41. The second-order valence-electron chi connectivity index (χ2n) is 8.72. The normalized spacial score (nSPS) is 22.8. The summed E-state index contributed by atoms with van der Waals surface area (Å²) < 4.78 is 5.30. The number of amides is 2. The molecule has 2 aliphatic rings. The van der Waals surface area contributed by atoms with Gasteiger partial charge in [0.05, 0.1) is 6.10 Å². The van der Waals surface area contributed by atoms with Gasteiger partial charge in [0.15, 0.2) is 5.78 Å². The molecule has 1 aromatic carbocycles. The molecular weight excluding hydrogens is 382 g/mol. The summed E-state index contributed by atoms with van der Waals surface area (Å²) in [6, 6.07) is 6.18. The summed E-state index contributed by atoms with van der Waals surface area (Å²) in [4.78, 5) is 39.9. The van der Waals surface area contributed by atoms with Gasteiger partial charge in [-0.2, -0.15) is 0 Å². The monoisotopic (exact) mass is 415 g/mol. The summed E-state index contributed by atoms with van der Waals surface area (Å²) in [5.41, 5.74) is 1.64. The first-order valence-electron chi connectivity index (χ1n) is 11.0. The van der Waals surface area contributed by atoms with Crippen LogP contribution in [0.15, 0.2) is 24.3 Å². The minimum atomic E-state index is -0.708. The third-order valence-corrected chi connectivity index (χ3v) is 5.78. The fourth-order valence-electron chi connectivity index (χ4n) is 4.03. The molecule has 0 radical (unpaired) electrons. The van der Waals surface area contributed by atoms with Gasteiger partial charge in [-0.05, 0) is 62.8 Å². The molecule has 1 aromatic rings. The number of nitrogens with one attached hydrogen (secondary N) is 2. The number of ketones is 1. The third-order valence-electron chi connectivity index (χ3n) is 5.78. The second-order valence-corrected chi connectivity index (χ2v) is 8.72.